The van der Waals surface area contributed by atoms with Crippen LogP contribution < -0.4 is 15.4 Å². The van der Waals surface area contributed by atoms with Crippen LogP contribution in [-0.2, 0) is 0 Å². The number of rotatable bonds is 6. The summed E-state index contributed by atoms with van der Waals surface area (Å²) in [4.78, 5) is 0. The van der Waals surface area contributed by atoms with Gasteiger partial charge in [0.15, 0.2) is 16.7 Å². The molecule has 5 heteroatoms. The smallest absolute Gasteiger partial charge is 0.170 e. The van der Waals surface area contributed by atoms with Crippen molar-refractivity contribution in [1.82, 2.24) is 5.32 Å². The van der Waals surface area contributed by atoms with Gasteiger partial charge in [-0.05, 0) is 73.3 Å². The van der Waals surface area contributed by atoms with Crippen molar-refractivity contribution < 1.29 is 9.13 Å². The molecule has 2 aromatic rings. The fourth-order valence-corrected chi connectivity index (χ4v) is 3.18. The lowest BCUT2D eigenvalue weighted by molar-refractivity contribution is 0.441. The highest BCUT2D eigenvalue weighted by molar-refractivity contribution is 7.80. The van der Waals surface area contributed by atoms with Gasteiger partial charge in [0.25, 0.3) is 0 Å². The van der Waals surface area contributed by atoms with E-state index < -0.39 is 0 Å². The van der Waals surface area contributed by atoms with Crippen LogP contribution in [0.15, 0.2) is 36.4 Å². The number of para-hydroxylation sites is 1. The topological polar surface area (TPSA) is 33.3 Å². The second-order valence-corrected chi connectivity index (χ2v) is 7.98. The summed E-state index contributed by atoms with van der Waals surface area (Å²) < 4.78 is 19.9. The Balaban J connectivity index is 2.47. The van der Waals surface area contributed by atoms with Crippen LogP contribution in [0.2, 0.25) is 0 Å². The Morgan fingerprint density at radius 3 is 2.00 bits per heavy atom. The molecule has 146 valence electrons. The minimum absolute atomic E-state index is 0.222. The molecule has 0 amide bonds. The largest absolute Gasteiger partial charge is 0.454 e. The lowest BCUT2D eigenvalue weighted by Gasteiger charge is -2.24. The number of anilines is 1. The molecular weight excluding hydrogens is 359 g/mol. The quantitative estimate of drug-likeness (QED) is 0.549. The SMILES string of the molecule is CC(C)NC(=S)Nc1c(C(C)C)cc(Oc2ccccc2F)cc1C(C)C. The third-order valence-electron chi connectivity index (χ3n) is 4.14. The van der Waals surface area contributed by atoms with E-state index in [9.17, 15) is 4.39 Å². The lowest BCUT2D eigenvalue weighted by Crippen LogP contribution is -2.34. The molecule has 0 saturated carbocycles. The Morgan fingerprint density at radius 1 is 0.963 bits per heavy atom. The molecule has 0 saturated heterocycles. The van der Waals surface area contributed by atoms with Crippen LogP contribution in [0.5, 0.6) is 11.5 Å². The molecule has 3 nitrogen and oxygen atoms in total. The van der Waals surface area contributed by atoms with E-state index in [1.807, 2.05) is 26.0 Å². The van der Waals surface area contributed by atoms with Crippen LogP contribution in [-0.4, -0.2) is 11.2 Å². The standard InChI is InChI=1S/C22H29FN2OS/c1-13(2)17-11-16(26-20-10-8-7-9-19(20)23)12-18(14(3)4)21(17)25-22(27)24-15(5)6/h7-15H,1-6H3,(H2,24,25,27). The number of hydrogen-bond acceptors (Lipinski definition) is 2. The third kappa shape index (κ3) is 5.67. The zero-order valence-electron chi connectivity index (χ0n) is 16.9. The molecule has 0 fully saturated rings. The van der Waals surface area contributed by atoms with E-state index in [-0.39, 0.29) is 29.4 Å². The molecule has 0 heterocycles. The molecule has 0 aliphatic heterocycles. The van der Waals surface area contributed by atoms with E-state index in [4.69, 9.17) is 17.0 Å². The Morgan fingerprint density at radius 2 is 1.52 bits per heavy atom. The van der Waals surface area contributed by atoms with Gasteiger partial charge < -0.3 is 15.4 Å². The summed E-state index contributed by atoms with van der Waals surface area (Å²) in [5.41, 5.74) is 3.17. The predicted molar refractivity (Wildman–Crippen MR) is 116 cm³/mol. The molecule has 0 bridgehead atoms. The van der Waals surface area contributed by atoms with E-state index in [2.05, 4.69) is 38.3 Å². The van der Waals surface area contributed by atoms with Crippen molar-refractivity contribution in [2.45, 2.75) is 59.4 Å². The Bertz CT molecular complexity index is 774. The first-order chi connectivity index (χ1) is 12.7. The van der Waals surface area contributed by atoms with Crippen molar-refractivity contribution in [2.24, 2.45) is 0 Å². The van der Waals surface area contributed by atoms with Crippen molar-refractivity contribution >= 4 is 23.0 Å². The first-order valence-electron chi connectivity index (χ1n) is 9.36. The average molecular weight is 389 g/mol. The van der Waals surface area contributed by atoms with Gasteiger partial charge in [0, 0.05) is 11.7 Å². The Labute approximate surface area is 167 Å². The van der Waals surface area contributed by atoms with Crippen LogP contribution in [0.3, 0.4) is 0 Å². The van der Waals surface area contributed by atoms with Crippen molar-refractivity contribution in [3.63, 3.8) is 0 Å². The van der Waals surface area contributed by atoms with Gasteiger partial charge in [-0.25, -0.2) is 4.39 Å². The highest BCUT2D eigenvalue weighted by Crippen LogP contribution is 2.38. The molecule has 0 atom stereocenters. The first kappa shape index (κ1) is 21.2. The molecular formula is C22H29FN2OS. The van der Waals surface area contributed by atoms with E-state index >= 15 is 0 Å². The van der Waals surface area contributed by atoms with Crippen molar-refractivity contribution in [3.8, 4) is 11.5 Å². The maximum Gasteiger partial charge on any atom is 0.170 e. The summed E-state index contributed by atoms with van der Waals surface area (Å²) in [5, 5.41) is 7.19. The van der Waals surface area contributed by atoms with Crippen molar-refractivity contribution in [1.29, 1.82) is 0 Å². The molecule has 0 aliphatic rings. The second kappa shape index (κ2) is 9.18. The van der Waals surface area contributed by atoms with Gasteiger partial charge in [-0.1, -0.05) is 39.8 Å². The monoisotopic (exact) mass is 388 g/mol. The van der Waals surface area contributed by atoms with Crippen LogP contribution in [0.4, 0.5) is 10.1 Å². The molecule has 27 heavy (non-hydrogen) atoms. The summed E-state index contributed by atoms with van der Waals surface area (Å²) in [6, 6.07) is 10.6. The molecule has 2 N–H and O–H groups in total. The van der Waals surface area contributed by atoms with E-state index in [1.54, 1.807) is 18.2 Å². The van der Waals surface area contributed by atoms with Crippen molar-refractivity contribution in [3.05, 3.63) is 53.3 Å². The van der Waals surface area contributed by atoms with E-state index in [0.717, 1.165) is 16.8 Å². The fraction of sp³-hybridized carbons (Fsp3) is 0.409. The predicted octanol–water partition coefficient (Wildman–Crippen LogP) is 6.56. The minimum Gasteiger partial charge on any atom is -0.454 e. The van der Waals surface area contributed by atoms with Crippen LogP contribution in [0.25, 0.3) is 0 Å². The van der Waals surface area contributed by atoms with Crippen molar-refractivity contribution in [2.75, 3.05) is 5.32 Å². The van der Waals surface area contributed by atoms with E-state index in [1.165, 1.54) is 6.07 Å². The Hall–Kier alpha value is -2.14. The van der Waals surface area contributed by atoms with Gasteiger partial charge >= 0.3 is 0 Å². The van der Waals surface area contributed by atoms with Gasteiger partial charge in [-0.3, -0.25) is 0 Å². The summed E-state index contributed by atoms with van der Waals surface area (Å²) in [6.07, 6.45) is 0. The summed E-state index contributed by atoms with van der Waals surface area (Å²) in [6.45, 7) is 12.6. The first-order valence-corrected chi connectivity index (χ1v) is 9.77. The zero-order chi connectivity index (χ0) is 20.1. The number of halogens is 1. The molecule has 0 spiro atoms. The lowest BCUT2D eigenvalue weighted by atomic mass is 9.92. The number of benzene rings is 2. The number of hydrogen-bond donors (Lipinski definition) is 2. The molecule has 0 aromatic heterocycles. The highest BCUT2D eigenvalue weighted by Gasteiger charge is 2.18. The van der Waals surface area contributed by atoms with Gasteiger partial charge in [-0.15, -0.1) is 0 Å². The molecule has 0 unspecified atom stereocenters. The normalized spacial score (nSPS) is 11.2. The van der Waals surface area contributed by atoms with E-state index in [0.29, 0.717) is 10.9 Å². The maximum absolute atomic E-state index is 14.0. The molecule has 0 radical (unpaired) electrons. The zero-order valence-corrected chi connectivity index (χ0v) is 17.7. The van der Waals surface area contributed by atoms with Gasteiger partial charge in [0.1, 0.15) is 5.75 Å². The summed E-state index contributed by atoms with van der Waals surface area (Å²) >= 11 is 5.46. The minimum atomic E-state index is -0.376. The third-order valence-corrected chi connectivity index (χ3v) is 4.36. The Kier molecular flexibility index (Phi) is 7.19. The van der Waals surface area contributed by atoms with Crippen LogP contribution in [0.1, 0.15) is 64.5 Å². The highest BCUT2D eigenvalue weighted by atomic mass is 32.1. The molecule has 2 aromatic carbocycles. The number of ether oxygens (including phenoxy) is 1. The fourth-order valence-electron chi connectivity index (χ4n) is 2.84. The van der Waals surface area contributed by atoms with Gasteiger partial charge in [0.2, 0.25) is 0 Å². The maximum atomic E-state index is 14.0. The van der Waals surface area contributed by atoms with Gasteiger partial charge in [-0.2, -0.15) is 0 Å². The number of thiocarbonyl (C=S) groups is 1. The molecule has 2 rings (SSSR count). The summed E-state index contributed by atoms with van der Waals surface area (Å²) in [5.74, 6) is 0.964. The van der Waals surface area contributed by atoms with Crippen LogP contribution >= 0.6 is 12.2 Å². The average Bonchev–Trinajstić information content (AvgIpc) is 2.56. The van der Waals surface area contributed by atoms with Gasteiger partial charge in [0.05, 0.1) is 0 Å². The van der Waals surface area contributed by atoms with Crippen LogP contribution in [0, 0.1) is 5.82 Å². The molecule has 0 aliphatic carbocycles. The summed E-state index contributed by atoms with van der Waals surface area (Å²) in [7, 11) is 0. The number of nitrogens with one attached hydrogen (secondary N) is 2. The second-order valence-electron chi connectivity index (χ2n) is 7.57.